The van der Waals surface area contributed by atoms with Crippen LogP contribution in [0.25, 0.3) is 0 Å². The molecule has 0 bridgehead atoms. The van der Waals surface area contributed by atoms with Gasteiger partial charge in [-0.25, -0.2) is 5.43 Å². The standard InChI is InChI=1S/C19H22ClN3O3/c1-11-17(12-5-4-6-13(20)9-12)18(23-22-11)21-19(24)15-8-7-14(25-2)10-16(15)26-3/h4-11,17-18,22-23H,1-3H3,(H,21,24). The number of hydrogen-bond donors (Lipinski definition) is 3. The molecular weight excluding hydrogens is 354 g/mol. The molecule has 1 aliphatic rings. The molecule has 1 fully saturated rings. The summed E-state index contributed by atoms with van der Waals surface area (Å²) in [6.07, 6.45) is -0.289. The summed E-state index contributed by atoms with van der Waals surface area (Å²) in [5.74, 6) is 0.886. The Balaban J connectivity index is 1.82. The van der Waals surface area contributed by atoms with Crippen LogP contribution in [0.5, 0.6) is 11.5 Å². The summed E-state index contributed by atoms with van der Waals surface area (Å²) in [6.45, 7) is 2.05. The molecule has 3 atom stereocenters. The normalized spacial score (nSPS) is 22.1. The highest BCUT2D eigenvalue weighted by atomic mass is 35.5. The second-order valence-corrected chi connectivity index (χ2v) is 6.61. The van der Waals surface area contributed by atoms with E-state index in [9.17, 15) is 4.79 Å². The van der Waals surface area contributed by atoms with E-state index in [1.807, 2.05) is 24.3 Å². The van der Waals surface area contributed by atoms with E-state index in [1.54, 1.807) is 25.3 Å². The third-order valence-corrected chi connectivity index (χ3v) is 4.77. The molecule has 0 aromatic heterocycles. The van der Waals surface area contributed by atoms with E-state index < -0.39 is 0 Å². The summed E-state index contributed by atoms with van der Waals surface area (Å²) in [5, 5.41) is 3.70. The highest BCUT2D eigenvalue weighted by molar-refractivity contribution is 6.30. The van der Waals surface area contributed by atoms with Crippen molar-refractivity contribution < 1.29 is 14.3 Å². The minimum absolute atomic E-state index is 0.0295. The van der Waals surface area contributed by atoms with Gasteiger partial charge in [0.2, 0.25) is 0 Å². The van der Waals surface area contributed by atoms with Gasteiger partial charge in [0.05, 0.1) is 19.8 Å². The molecule has 3 N–H and O–H groups in total. The van der Waals surface area contributed by atoms with Gasteiger partial charge in [-0.1, -0.05) is 23.7 Å². The Labute approximate surface area is 157 Å². The fourth-order valence-corrected chi connectivity index (χ4v) is 3.41. The van der Waals surface area contributed by atoms with E-state index in [4.69, 9.17) is 21.1 Å². The molecule has 3 rings (SSSR count). The Morgan fingerprint density at radius 3 is 2.62 bits per heavy atom. The van der Waals surface area contributed by atoms with Gasteiger partial charge in [-0.05, 0) is 36.8 Å². The van der Waals surface area contributed by atoms with Crippen molar-refractivity contribution in [3.63, 3.8) is 0 Å². The number of amides is 1. The number of halogens is 1. The molecule has 1 heterocycles. The van der Waals surface area contributed by atoms with Crippen LogP contribution in [0.3, 0.4) is 0 Å². The summed E-state index contributed by atoms with van der Waals surface area (Å²) in [6, 6.07) is 12.9. The molecule has 0 spiro atoms. The first-order chi connectivity index (χ1) is 12.5. The van der Waals surface area contributed by atoms with E-state index >= 15 is 0 Å². The number of methoxy groups -OCH3 is 2. The van der Waals surface area contributed by atoms with Gasteiger partial charge in [0.1, 0.15) is 17.7 Å². The van der Waals surface area contributed by atoms with E-state index in [0.717, 1.165) is 5.56 Å². The smallest absolute Gasteiger partial charge is 0.256 e. The molecule has 0 radical (unpaired) electrons. The van der Waals surface area contributed by atoms with Gasteiger partial charge in [-0.15, -0.1) is 0 Å². The molecule has 7 heteroatoms. The average molecular weight is 376 g/mol. The van der Waals surface area contributed by atoms with E-state index in [1.165, 1.54) is 7.11 Å². The van der Waals surface area contributed by atoms with E-state index in [0.29, 0.717) is 22.1 Å². The Morgan fingerprint density at radius 2 is 1.92 bits per heavy atom. The summed E-state index contributed by atoms with van der Waals surface area (Å²) < 4.78 is 10.5. The lowest BCUT2D eigenvalue weighted by Crippen LogP contribution is -2.46. The van der Waals surface area contributed by atoms with Crippen LogP contribution in [0.4, 0.5) is 0 Å². The van der Waals surface area contributed by atoms with Crippen LogP contribution in [0.15, 0.2) is 42.5 Å². The van der Waals surface area contributed by atoms with Gasteiger partial charge < -0.3 is 14.8 Å². The van der Waals surface area contributed by atoms with Crippen molar-refractivity contribution in [3.8, 4) is 11.5 Å². The van der Waals surface area contributed by atoms with E-state index in [-0.39, 0.29) is 24.0 Å². The van der Waals surface area contributed by atoms with Gasteiger partial charge in [0.25, 0.3) is 5.91 Å². The van der Waals surface area contributed by atoms with Crippen molar-refractivity contribution in [2.75, 3.05) is 14.2 Å². The predicted molar refractivity (Wildman–Crippen MR) is 101 cm³/mol. The van der Waals surface area contributed by atoms with Gasteiger partial charge in [-0.3, -0.25) is 10.2 Å². The quantitative estimate of drug-likeness (QED) is 0.749. The Bertz CT molecular complexity index is 799. The molecule has 0 saturated carbocycles. The number of carbonyl (C=O) groups excluding carboxylic acids is 1. The van der Waals surface area contributed by atoms with Crippen LogP contribution in [-0.2, 0) is 0 Å². The van der Waals surface area contributed by atoms with Gasteiger partial charge in [0, 0.05) is 23.0 Å². The fraction of sp³-hybridized carbons (Fsp3) is 0.316. The molecule has 138 valence electrons. The van der Waals surface area contributed by atoms with Gasteiger partial charge >= 0.3 is 0 Å². The molecule has 1 saturated heterocycles. The summed E-state index contributed by atoms with van der Waals surface area (Å²) in [5.41, 5.74) is 7.82. The van der Waals surface area contributed by atoms with Crippen molar-refractivity contribution in [2.45, 2.75) is 25.0 Å². The first kappa shape index (κ1) is 18.5. The maximum absolute atomic E-state index is 12.8. The largest absolute Gasteiger partial charge is 0.497 e. The van der Waals surface area contributed by atoms with Crippen LogP contribution in [-0.4, -0.2) is 32.3 Å². The summed E-state index contributed by atoms with van der Waals surface area (Å²) in [7, 11) is 3.09. The Kier molecular flexibility index (Phi) is 5.66. The Hall–Kier alpha value is -2.28. The average Bonchev–Trinajstić information content (AvgIpc) is 3.01. The second-order valence-electron chi connectivity index (χ2n) is 6.18. The first-order valence-corrected chi connectivity index (χ1v) is 8.70. The van der Waals surface area contributed by atoms with Crippen molar-refractivity contribution in [3.05, 3.63) is 58.6 Å². The molecule has 2 aromatic rings. The SMILES string of the molecule is COc1ccc(C(=O)NC2NNC(C)C2c2cccc(Cl)c2)c(OC)c1. The molecule has 3 unspecified atom stereocenters. The number of ether oxygens (including phenoxy) is 2. The number of nitrogens with one attached hydrogen (secondary N) is 3. The zero-order valence-corrected chi connectivity index (χ0v) is 15.6. The summed E-state index contributed by atoms with van der Waals surface area (Å²) in [4.78, 5) is 12.8. The van der Waals surface area contributed by atoms with Crippen molar-refractivity contribution in [2.24, 2.45) is 0 Å². The predicted octanol–water partition coefficient (Wildman–Crippen LogP) is 2.69. The molecule has 1 aliphatic heterocycles. The molecule has 26 heavy (non-hydrogen) atoms. The van der Waals surface area contributed by atoms with Crippen LogP contribution in [0.2, 0.25) is 5.02 Å². The zero-order chi connectivity index (χ0) is 18.7. The lowest BCUT2D eigenvalue weighted by atomic mass is 9.91. The second kappa shape index (κ2) is 7.95. The van der Waals surface area contributed by atoms with Gasteiger partial charge in [0.15, 0.2) is 0 Å². The van der Waals surface area contributed by atoms with Gasteiger partial charge in [-0.2, -0.15) is 0 Å². The highest BCUT2D eigenvalue weighted by Gasteiger charge is 2.35. The molecule has 2 aromatic carbocycles. The number of carbonyl (C=O) groups is 1. The number of hydrazine groups is 1. The molecular formula is C19H22ClN3O3. The van der Waals surface area contributed by atoms with Crippen molar-refractivity contribution in [1.82, 2.24) is 16.2 Å². The highest BCUT2D eigenvalue weighted by Crippen LogP contribution is 2.29. The number of benzene rings is 2. The van der Waals surface area contributed by atoms with Crippen LogP contribution in [0, 0.1) is 0 Å². The minimum Gasteiger partial charge on any atom is -0.497 e. The number of rotatable bonds is 5. The first-order valence-electron chi connectivity index (χ1n) is 8.33. The molecule has 0 aliphatic carbocycles. The zero-order valence-electron chi connectivity index (χ0n) is 14.9. The maximum Gasteiger partial charge on any atom is 0.256 e. The topological polar surface area (TPSA) is 71.6 Å². The maximum atomic E-state index is 12.8. The van der Waals surface area contributed by atoms with E-state index in [2.05, 4.69) is 23.1 Å². The van der Waals surface area contributed by atoms with Crippen LogP contribution in [0.1, 0.15) is 28.8 Å². The van der Waals surface area contributed by atoms with Crippen LogP contribution >= 0.6 is 11.6 Å². The number of hydrogen-bond acceptors (Lipinski definition) is 5. The fourth-order valence-electron chi connectivity index (χ4n) is 3.22. The lowest BCUT2D eigenvalue weighted by Gasteiger charge is -2.23. The van der Waals surface area contributed by atoms with Crippen molar-refractivity contribution in [1.29, 1.82) is 0 Å². The summed E-state index contributed by atoms with van der Waals surface area (Å²) >= 11 is 6.13. The third-order valence-electron chi connectivity index (χ3n) is 4.54. The third kappa shape index (κ3) is 3.77. The lowest BCUT2D eigenvalue weighted by molar-refractivity contribution is 0.0925. The monoisotopic (exact) mass is 375 g/mol. The van der Waals surface area contributed by atoms with Crippen molar-refractivity contribution >= 4 is 17.5 Å². The molecule has 1 amide bonds. The van der Waals surface area contributed by atoms with Crippen LogP contribution < -0.4 is 25.6 Å². The molecule has 6 nitrogen and oxygen atoms in total. The minimum atomic E-state index is -0.289. The Morgan fingerprint density at radius 1 is 1.12 bits per heavy atom.